The van der Waals surface area contributed by atoms with Crippen molar-refractivity contribution in [1.82, 2.24) is 0 Å². The zero-order valence-electron chi connectivity index (χ0n) is 19.5. The summed E-state index contributed by atoms with van der Waals surface area (Å²) in [6.07, 6.45) is 3.67. The maximum absolute atomic E-state index is 14.9. The fourth-order valence-corrected chi connectivity index (χ4v) is 4.73. The van der Waals surface area contributed by atoms with Crippen molar-refractivity contribution in [2.75, 3.05) is 0 Å². The van der Waals surface area contributed by atoms with Gasteiger partial charge in [0.25, 0.3) is 0 Å². The highest BCUT2D eigenvalue weighted by atomic mass is 19.1. The topological polar surface area (TPSA) is 27.7 Å². The zero-order chi connectivity index (χ0) is 23.6. The van der Waals surface area contributed by atoms with Gasteiger partial charge in [0.05, 0.1) is 0 Å². The van der Waals surface area contributed by atoms with Crippen molar-refractivity contribution in [3.05, 3.63) is 119 Å². The van der Waals surface area contributed by atoms with Crippen molar-refractivity contribution < 1.29 is 18.6 Å². The summed E-state index contributed by atoms with van der Waals surface area (Å²) in [6.45, 7) is 0.511. The molecular formula is C31H27FO3. The second-order valence-electron chi connectivity index (χ2n) is 9.27. The lowest BCUT2D eigenvalue weighted by atomic mass is 10.1. The molecule has 0 radical (unpaired) electrons. The highest BCUT2D eigenvalue weighted by molar-refractivity contribution is 5.48. The molecular weight excluding hydrogens is 439 g/mol. The van der Waals surface area contributed by atoms with Crippen LogP contribution in [0.1, 0.15) is 53.5 Å². The van der Waals surface area contributed by atoms with E-state index in [0.717, 1.165) is 29.0 Å². The van der Waals surface area contributed by atoms with Crippen LogP contribution in [0, 0.1) is 5.82 Å². The first-order valence-electron chi connectivity index (χ1n) is 12.3. The molecule has 0 amide bonds. The van der Waals surface area contributed by atoms with E-state index in [2.05, 4.69) is 12.1 Å². The predicted octanol–water partition coefficient (Wildman–Crippen LogP) is 8.14. The molecule has 176 valence electrons. The molecule has 1 atom stereocenters. The summed E-state index contributed by atoms with van der Waals surface area (Å²) in [5.41, 5.74) is 3.97. The lowest BCUT2D eigenvalue weighted by Gasteiger charge is -2.17. The minimum absolute atomic E-state index is 0.242. The van der Waals surface area contributed by atoms with Crippen LogP contribution >= 0.6 is 0 Å². The van der Waals surface area contributed by atoms with Gasteiger partial charge in [0.1, 0.15) is 41.5 Å². The lowest BCUT2D eigenvalue weighted by Crippen LogP contribution is -2.06. The third-order valence-corrected chi connectivity index (χ3v) is 6.75. The largest absolute Gasteiger partial charge is 0.489 e. The quantitative estimate of drug-likeness (QED) is 0.262. The first-order chi connectivity index (χ1) is 17.2. The summed E-state index contributed by atoms with van der Waals surface area (Å²) in [6, 6.07) is 29.0. The van der Waals surface area contributed by atoms with E-state index in [1.54, 1.807) is 6.07 Å². The molecule has 4 aromatic carbocycles. The van der Waals surface area contributed by atoms with Crippen LogP contribution in [0.5, 0.6) is 23.0 Å². The van der Waals surface area contributed by atoms with E-state index in [1.807, 2.05) is 66.7 Å². The summed E-state index contributed by atoms with van der Waals surface area (Å²) >= 11 is 0. The summed E-state index contributed by atoms with van der Waals surface area (Å²) < 4.78 is 33.1. The van der Waals surface area contributed by atoms with Gasteiger partial charge in [-0.3, -0.25) is 0 Å². The molecule has 2 aliphatic rings. The Bertz CT molecular complexity index is 1300. The molecule has 0 heterocycles. The molecule has 1 unspecified atom stereocenters. The molecule has 0 bridgehead atoms. The number of hydrogen-bond acceptors (Lipinski definition) is 3. The SMILES string of the molecule is Fc1ccc(Oc2ccc(OCc3ccccc3)cc2)c2c1C(Oc1ccc(C3CC3)cc1)CC2. The minimum Gasteiger partial charge on any atom is -0.489 e. The van der Waals surface area contributed by atoms with Crippen LogP contribution < -0.4 is 14.2 Å². The molecule has 0 aromatic heterocycles. The van der Waals surface area contributed by atoms with Crippen molar-refractivity contribution in [2.45, 2.75) is 44.3 Å². The first kappa shape index (κ1) is 21.7. The molecule has 0 aliphatic heterocycles. The summed E-state index contributed by atoms with van der Waals surface area (Å²) in [7, 11) is 0. The van der Waals surface area contributed by atoms with Gasteiger partial charge in [-0.1, -0.05) is 42.5 Å². The van der Waals surface area contributed by atoms with Crippen molar-refractivity contribution in [3.63, 3.8) is 0 Å². The minimum atomic E-state index is -0.311. The van der Waals surface area contributed by atoms with E-state index in [-0.39, 0.29) is 11.9 Å². The molecule has 6 rings (SSSR count). The molecule has 3 nitrogen and oxygen atoms in total. The zero-order valence-corrected chi connectivity index (χ0v) is 19.5. The van der Waals surface area contributed by atoms with Crippen molar-refractivity contribution in [2.24, 2.45) is 0 Å². The fourth-order valence-electron chi connectivity index (χ4n) is 4.73. The predicted molar refractivity (Wildman–Crippen MR) is 134 cm³/mol. The van der Waals surface area contributed by atoms with Gasteiger partial charge in [-0.05, 0) is 91.3 Å². The van der Waals surface area contributed by atoms with Gasteiger partial charge < -0.3 is 14.2 Å². The van der Waals surface area contributed by atoms with Crippen LogP contribution in [-0.4, -0.2) is 0 Å². The van der Waals surface area contributed by atoms with Gasteiger partial charge in [0, 0.05) is 11.1 Å². The Balaban J connectivity index is 1.14. The molecule has 4 heteroatoms. The van der Waals surface area contributed by atoms with Crippen LogP contribution in [0.4, 0.5) is 4.39 Å². The monoisotopic (exact) mass is 466 g/mol. The van der Waals surface area contributed by atoms with Gasteiger partial charge in [-0.15, -0.1) is 0 Å². The Morgan fingerprint density at radius 3 is 2.17 bits per heavy atom. The van der Waals surface area contributed by atoms with Gasteiger partial charge >= 0.3 is 0 Å². The Labute approximate surface area is 205 Å². The second kappa shape index (κ2) is 9.46. The van der Waals surface area contributed by atoms with Crippen molar-refractivity contribution in [1.29, 1.82) is 0 Å². The number of halogens is 1. The fraction of sp³-hybridized carbons (Fsp3) is 0.226. The molecule has 4 aromatic rings. The van der Waals surface area contributed by atoms with Gasteiger partial charge in [0.15, 0.2) is 0 Å². The third kappa shape index (κ3) is 4.88. The van der Waals surface area contributed by atoms with Gasteiger partial charge in [-0.2, -0.15) is 0 Å². The summed E-state index contributed by atoms with van der Waals surface area (Å²) in [5.74, 6) is 3.38. The first-order valence-corrected chi connectivity index (χ1v) is 12.3. The van der Waals surface area contributed by atoms with Gasteiger partial charge in [0.2, 0.25) is 0 Å². The average molecular weight is 467 g/mol. The normalized spacial score (nSPS) is 16.5. The molecule has 1 saturated carbocycles. The summed E-state index contributed by atoms with van der Waals surface area (Å²) in [4.78, 5) is 0. The number of rotatable bonds is 8. The van der Waals surface area contributed by atoms with E-state index in [9.17, 15) is 4.39 Å². The molecule has 0 N–H and O–H groups in total. The number of ether oxygens (including phenoxy) is 3. The van der Waals surface area contributed by atoms with Crippen LogP contribution in [0.2, 0.25) is 0 Å². The van der Waals surface area contributed by atoms with Crippen LogP contribution in [-0.2, 0) is 13.0 Å². The van der Waals surface area contributed by atoms with E-state index in [1.165, 1.54) is 24.5 Å². The van der Waals surface area contributed by atoms with E-state index in [0.29, 0.717) is 36.0 Å². The van der Waals surface area contributed by atoms with Crippen molar-refractivity contribution in [3.8, 4) is 23.0 Å². The lowest BCUT2D eigenvalue weighted by molar-refractivity contribution is 0.203. The molecule has 0 spiro atoms. The number of fused-ring (bicyclic) bond motifs is 1. The number of hydrogen-bond donors (Lipinski definition) is 0. The highest BCUT2D eigenvalue weighted by Crippen LogP contribution is 2.44. The third-order valence-electron chi connectivity index (χ3n) is 6.75. The maximum atomic E-state index is 14.9. The summed E-state index contributed by atoms with van der Waals surface area (Å²) in [5, 5.41) is 0. The van der Waals surface area contributed by atoms with E-state index >= 15 is 0 Å². The van der Waals surface area contributed by atoms with E-state index < -0.39 is 0 Å². The van der Waals surface area contributed by atoms with Crippen LogP contribution in [0.15, 0.2) is 91.0 Å². The Morgan fingerprint density at radius 1 is 0.714 bits per heavy atom. The Kier molecular flexibility index (Phi) is 5.87. The maximum Gasteiger partial charge on any atom is 0.131 e. The van der Waals surface area contributed by atoms with E-state index in [4.69, 9.17) is 14.2 Å². The average Bonchev–Trinajstić information content (AvgIpc) is 3.66. The number of benzene rings is 4. The standard InChI is InChI=1S/C31H27FO3/c32-28-17-19-29(34-26-14-12-24(13-15-26)33-20-21-4-2-1-3-5-21)27-16-18-30(31(27)28)35-25-10-8-23(9-11-25)22-6-7-22/h1-5,8-15,17,19,22,30H,6-7,16,18,20H2. The molecule has 2 aliphatic carbocycles. The smallest absolute Gasteiger partial charge is 0.131 e. The molecule has 0 saturated heterocycles. The van der Waals surface area contributed by atoms with Crippen LogP contribution in [0.3, 0.4) is 0 Å². The highest BCUT2D eigenvalue weighted by Gasteiger charge is 2.31. The van der Waals surface area contributed by atoms with Crippen molar-refractivity contribution >= 4 is 0 Å². The Hall–Kier alpha value is -3.79. The Morgan fingerprint density at radius 2 is 1.43 bits per heavy atom. The molecule has 1 fully saturated rings. The molecule has 35 heavy (non-hydrogen) atoms. The van der Waals surface area contributed by atoms with Gasteiger partial charge in [-0.25, -0.2) is 4.39 Å². The second-order valence-corrected chi connectivity index (χ2v) is 9.27. The van der Waals surface area contributed by atoms with Crippen LogP contribution in [0.25, 0.3) is 0 Å².